The van der Waals surface area contributed by atoms with Gasteiger partial charge in [0.2, 0.25) is 0 Å². The minimum absolute atomic E-state index is 0.194. The van der Waals surface area contributed by atoms with Crippen LogP contribution < -0.4 is 5.32 Å². The standard InChI is InChI=1S/C16H23ClFNS/c1-19-12(11-20-13-6-3-2-4-7-13)10-14-15(17)8-5-9-16(14)18/h5,8-9,12-13,19H,2-4,6-7,10-11H2,1H3. The highest BCUT2D eigenvalue weighted by Crippen LogP contribution is 2.29. The quantitative estimate of drug-likeness (QED) is 0.818. The van der Waals surface area contributed by atoms with Crippen molar-refractivity contribution in [2.24, 2.45) is 0 Å². The van der Waals surface area contributed by atoms with E-state index in [-0.39, 0.29) is 11.9 Å². The molecular weight excluding hydrogens is 293 g/mol. The topological polar surface area (TPSA) is 12.0 Å². The average molecular weight is 316 g/mol. The van der Waals surface area contributed by atoms with Gasteiger partial charge in [-0.25, -0.2) is 4.39 Å². The molecule has 1 aliphatic rings. The number of benzene rings is 1. The Kier molecular flexibility index (Phi) is 6.66. The zero-order chi connectivity index (χ0) is 14.4. The molecule has 0 aromatic heterocycles. The van der Waals surface area contributed by atoms with Crippen molar-refractivity contribution in [1.82, 2.24) is 5.32 Å². The van der Waals surface area contributed by atoms with Gasteiger partial charge in [-0.05, 0) is 38.4 Å². The molecule has 4 heteroatoms. The summed E-state index contributed by atoms with van der Waals surface area (Å²) >= 11 is 8.14. The molecule has 1 aromatic rings. The fourth-order valence-electron chi connectivity index (χ4n) is 2.70. The Morgan fingerprint density at radius 2 is 2.10 bits per heavy atom. The van der Waals surface area contributed by atoms with Crippen LogP contribution >= 0.6 is 23.4 Å². The lowest BCUT2D eigenvalue weighted by atomic mass is 10.0. The fraction of sp³-hybridized carbons (Fsp3) is 0.625. The lowest BCUT2D eigenvalue weighted by Crippen LogP contribution is -2.31. The molecule has 1 saturated carbocycles. The lowest BCUT2D eigenvalue weighted by molar-refractivity contribution is 0.513. The van der Waals surface area contributed by atoms with Crippen LogP contribution in [0.3, 0.4) is 0 Å². The first-order chi connectivity index (χ1) is 9.70. The van der Waals surface area contributed by atoms with E-state index in [2.05, 4.69) is 5.32 Å². The maximum absolute atomic E-state index is 13.8. The van der Waals surface area contributed by atoms with Crippen molar-refractivity contribution >= 4 is 23.4 Å². The van der Waals surface area contributed by atoms with Crippen LogP contribution in [0, 0.1) is 5.82 Å². The molecule has 0 saturated heterocycles. The highest BCUT2D eigenvalue weighted by molar-refractivity contribution is 7.99. The van der Waals surface area contributed by atoms with Gasteiger partial charge in [0.05, 0.1) is 0 Å². The highest BCUT2D eigenvalue weighted by Gasteiger charge is 2.18. The molecule has 1 aliphatic carbocycles. The summed E-state index contributed by atoms with van der Waals surface area (Å²) in [5.74, 6) is 0.826. The van der Waals surface area contributed by atoms with Crippen LogP contribution in [0.5, 0.6) is 0 Å². The van der Waals surface area contributed by atoms with Gasteiger partial charge < -0.3 is 5.32 Å². The predicted octanol–water partition coefficient (Wildman–Crippen LogP) is 4.68. The summed E-state index contributed by atoms with van der Waals surface area (Å²) < 4.78 is 13.8. The first kappa shape index (κ1) is 16.1. The molecular formula is C16H23ClFNS. The van der Waals surface area contributed by atoms with Gasteiger partial charge in [0.25, 0.3) is 0 Å². The fourth-order valence-corrected chi connectivity index (χ4v) is 4.40. The van der Waals surface area contributed by atoms with Crippen molar-refractivity contribution in [2.75, 3.05) is 12.8 Å². The van der Waals surface area contributed by atoms with Gasteiger partial charge in [0, 0.05) is 27.6 Å². The van der Waals surface area contributed by atoms with Crippen LogP contribution in [-0.2, 0) is 6.42 Å². The second kappa shape index (κ2) is 8.26. The molecule has 1 N–H and O–H groups in total. The third-order valence-corrected chi connectivity index (χ3v) is 5.90. The average Bonchev–Trinajstić information content (AvgIpc) is 2.47. The second-order valence-corrected chi connectivity index (χ2v) is 7.22. The molecule has 0 radical (unpaired) electrons. The summed E-state index contributed by atoms with van der Waals surface area (Å²) in [7, 11) is 1.95. The zero-order valence-corrected chi connectivity index (χ0v) is 13.6. The minimum atomic E-state index is -0.194. The molecule has 0 spiro atoms. The Morgan fingerprint density at radius 1 is 1.35 bits per heavy atom. The largest absolute Gasteiger partial charge is 0.316 e. The Morgan fingerprint density at radius 3 is 2.75 bits per heavy atom. The predicted molar refractivity (Wildman–Crippen MR) is 87.3 cm³/mol. The van der Waals surface area contributed by atoms with Crippen molar-refractivity contribution in [1.29, 1.82) is 0 Å². The molecule has 2 rings (SSSR count). The second-order valence-electron chi connectivity index (χ2n) is 5.48. The summed E-state index contributed by atoms with van der Waals surface area (Å²) in [5.41, 5.74) is 0.637. The van der Waals surface area contributed by atoms with Gasteiger partial charge in [0.1, 0.15) is 5.82 Å². The zero-order valence-electron chi connectivity index (χ0n) is 12.0. The van der Waals surface area contributed by atoms with E-state index in [1.807, 2.05) is 18.8 Å². The molecule has 0 heterocycles. The monoisotopic (exact) mass is 315 g/mol. The maximum Gasteiger partial charge on any atom is 0.127 e. The molecule has 20 heavy (non-hydrogen) atoms. The third-order valence-electron chi connectivity index (χ3n) is 4.01. The molecule has 1 atom stereocenters. The van der Waals surface area contributed by atoms with Crippen LogP contribution in [0.1, 0.15) is 37.7 Å². The van der Waals surface area contributed by atoms with Gasteiger partial charge in [0.15, 0.2) is 0 Å². The number of thioether (sulfide) groups is 1. The molecule has 1 nitrogen and oxygen atoms in total. The molecule has 0 amide bonds. The third kappa shape index (κ3) is 4.64. The SMILES string of the molecule is CNC(CSC1CCCCC1)Cc1c(F)cccc1Cl. The number of nitrogens with one attached hydrogen (secondary N) is 1. The maximum atomic E-state index is 13.8. The van der Waals surface area contributed by atoms with E-state index in [1.54, 1.807) is 12.1 Å². The van der Waals surface area contributed by atoms with E-state index in [4.69, 9.17) is 11.6 Å². The van der Waals surface area contributed by atoms with Gasteiger partial charge in [-0.2, -0.15) is 11.8 Å². The Hall–Kier alpha value is -0.250. The van der Waals surface area contributed by atoms with Crippen molar-refractivity contribution in [3.8, 4) is 0 Å². The van der Waals surface area contributed by atoms with Gasteiger partial charge in [-0.3, -0.25) is 0 Å². The van der Waals surface area contributed by atoms with E-state index < -0.39 is 0 Å². The highest BCUT2D eigenvalue weighted by atomic mass is 35.5. The Labute approximate surface area is 130 Å². The number of likely N-dealkylation sites (N-methyl/N-ethyl adjacent to an activating group) is 1. The number of hydrogen-bond acceptors (Lipinski definition) is 2. The summed E-state index contributed by atoms with van der Waals surface area (Å²) in [5, 5.41) is 4.62. The molecule has 1 aromatic carbocycles. The Bertz CT molecular complexity index is 401. The van der Waals surface area contributed by atoms with Crippen LogP contribution in [0.15, 0.2) is 18.2 Å². The van der Waals surface area contributed by atoms with Crippen molar-refractivity contribution in [2.45, 2.75) is 49.8 Å². The minimum Gasteiger partial charge on any atom is -0.316 e. The summed E-state index contributed by atoms with van der Waals surface area (Å²) in [6.07, 6.45) is 7.43. The van der Waals surface area contributed by atoms with Gasteiger partial charge in [-0.15, -0.1) is 0 Å². The Balaban J connectivity index is 1.88. The molecule has 0 aliphatic heterocycles. The van der Waals surface area contributed by atoms with Gasteiger partial charge >= 0.3 is 0 Å². The van der Waals surface area contributed by atoms with Crippen LogP contribution in [-0.4, -0.2) is 24.1 Å². The smallest absolute Gasteiger partial charge is 0.127 e. The van der Waals surface area contributed by atoms with Crippen LogP contribution in [0.25, 0.3) is 0 Å². The summed E-state index contributed by atoms with van der Waals surface area (Å²) in [6, 6.07) is 5.19. The molecule has 0 bridgehead atoms. The van der Waals surface area contributed by atoms with E-state index in [9.17, 15) is 4.39 Å². The van der Waals surface area contributed by atoms with Crippen molar-refractivity contribution in [3.63, 3.8) is 0 Å². The van der Waals surface area contributed by atoms with E-state index in [0.717, 1.165) is 11.0 Å². The molecule has 1 fully saturated rings. The number of hydrogen-bond donors (Lipinski definition) is 1. The number of halogens is 2. The van der Waals surface area contributed by atoms with E-state index >= 15 is 0 Å². The van der Waals surface area contributed by atoms with Crippen LogP contribution in [0.4, 0.5) is 4.39 Å². The number of rotatable bonds is 6. The first-order valence-corrected chi connectivity index (χ1v) is 8.85. The van der Waals surface area contributed by atoms with E-state index in [0.29, 0.717) is 17.0 Å². The van der Waals surface area contributed by atoms with Gasteiger partial charge in [-0.1, -0.05) is 36.9 Å². The first-order valence-electron chi connectivity index (χ1n) is 7.42. The van der Waals surface area contributed by atoms with Crippen LogP contribution in [0.2, 0.25) is 5.02 Å². The normalized spacial score (nSPS) is 18.1. The van der Waals surface area contributed by atoms with Crippen molar-refractivity contribution < 1.29 is 4.39 Å². The summed E-state index contributed by atoms with van der Waals surface area (Å²) in [6.45, 7) is 0. The summed E-state index contributed by atoms with van der Waals surface area (Å²) in [4.78, 5) is 0. The molecule has 112 valence electrons. The van der Waals surface area contributed by atoms with E-state index in [1.165, 1.54) is 38.2 Å². The van der Waals surface area contributed by atoms with Crippen molar-refractivity contribution in [3.05, 3.63) is 34.6 Å². The molecule has 1 unspecified atom stereocenters. The lowest BCUT2D eigenvalue weighted by Gasteiger charge is -2.24.